The number of carbonyl (C=O) groups is 4. The van der Waals surface area contributed by atoms with Crippen molar-refractivity contribution < 1.29 is 24.3 Å². The van der Waals surface area contributed by atoms with Gasteiger partial charge in [-0.2, -0.15) is 0 Å². The summed E-state index contributed by atoms with van der Waals surface area (Å²) in [5, 5.41) is 16.6. The van der Waals surface area contributed by atoms with Crippen LogP contribution in [-0.4, -0.2) is 60.0 Å². The Balaban J connectivity index is 4.81. The Bertz CT molecular complexity index is 512. The van der Waals surface area contributed by atoms with Gasteiger partial charge in [-0.05, 0) is 45.1 Å². The second-order valence-corrected chi connectivity index (χ2v) is 6.87. The first kappa shape index (κ1) is 24.8. The summed E-state index contributed by atoms with van der Waals surface area (Å²) in [7, 11) is 0. The summed E-state index contributed by atoms with van der Waals surface area (Å²) in [4.78, 5) is 47.4. The number of carboxylic acids is 1. The van der Waals surface area contributed by atoms with E-state index in [4.69, 9.17) is 11.5 Å². The highest BCUT2D eigenvalue weighted by molar-refractivity contribution is 5.93. The van der Waals surface area contributed by atoms with Gasteiger partial charge in [-0.25, -0.2) is 4.79 Å². The first-order valence-corrected chi connectivity index (χ1v) is 9.15. The summed E-state index contributed by atoms with van der Waals surface area (Å²) >= 11 is 0. The maximum Gasteiger partial charge on any atom is 0.326 e. The summed E-state index contributed by atoms with van der Waals surface area (Å²) < 4.78 is 0. The Morgan fingerprint density at radius 3 is 2.00 bits per heavy atom. The molecule has 156 valence electrons. The fraction of sp³-hybridized carbons (Fsp3) is 0.765. The Kier molecular flexibility index (Phi) is 12.0. The van der Waals surface area contributed by atoms with Gasteiger partial charge in [-0.15, -0.1) is 0 Å². The molecule has 0 spiro atoms. The van der Waals surface area contributed by atoms with E-state index in [2.05, 4.69) is 16.0 Å². The molecule has 10 nitrogen and oxygen atoms in total. The van der Waals surface area contributed by atoms with Crippen LogP contribution in [0.5, 0.6) is 0 Å². The number of rotatable bonds is 13. The maximum absolute atomic E-state index is 12.4. The van der Waals surface area contributed by atoms with Crippen molar-refractivity contribution in [2.45, 2.75) is 64.6 Å². The van der Waals surface area contributed by atoms with Gasteiger partial charge < -0.3 is 32.5 Å². The van der Waals surface area contributed by atoms with Gasteiger partial charge in [0.15, 0.2) is 0 Å². The van der Waals surface area contributed by atoms with Crippen LogP contribution in [0.25, 0.3) is 0 Å². The van der Waals surface area contributed by atoms with Crippen LogP contribution < -0.4 is 27.4 Å². The molecule has 0 heterocycles. The predicted octanol–water partition coefficient (Wildman–Crippen LogP) is -1.32. The predicted molar refractivity (Wildman–Crippen MR) is 101 cm³/mol. The third-order valence-electron chi connectivity index (χ3n) is 3.86. The van der Waals surface area contributed by atoms with Gasteiger partial charge in [0.2, 0.25) is 17.7 Å². The smallest absolute Gasteiger partial charge is 0.326 e. The molecule has 3 amide bonds. The number of hydrogen-bond acceptors (Lipinski definition) is 6. The molecule has 0 aliphatic carbocycles. The highest BCUT2D eigenvalue weighted by Gasteiger charge is 2.27. The minimum Gasteiger partial charge on any atom is -0.480 e. The molecule has 0 saturated heterocycles. The zero-order valence-corrected chi connectivity index (χ0v) is 16.3. The summed E-state index contributed by atoms with van der Waals surface area (Å²) in [6.45, 7) is 5.43. The molecular weight excluding hydrogens is 354 g/mol. The zero-order chi connectivity index (χ0) is 21.0. The van der Waals surface area contributed by atoms with Crippen molar-refractivity contribution in [2.24, 2.45) is 17.4 Å². The minimum absolute atomic E-state index is 0.127. The van der Waals surface area contributed by atoms with E-state index in [0.29, 0.717) is 25.8 Å². The topological polar surface area (TPSA) is 177 Å². The van der Waals surface area contributed by atoms with E-state index in [-0.39, 0.29) is 18.9 Å². The molecule has 8 N–H and O–H groups in total. The fourth-order valence-electron chi connectivity index (χ4n) is 2.38. The third kappa shape index (κ3) is 10.5. The lowest BCUT2D eigenvalue weighted by Gasteiger charge is -2.23. The van der Waals surface area contributed by atoms with Crippen LogP contribution in [0.4, 0.5) is 0 Å². The van der Waals surface area contributed by atoms with Crippen LogP contribution >= 0.6 is 0 Å². The van der Waals surface area contributed by atoms with Gasteiger partial charge in [0.25, 0.3) is 0 Å². The van der Waals surface area contributed by atoms with Crippen LogP contribution in [0.15, 0.2) is 0 Å². The quantitative estimate of drug-likeness (QED) is 0.212. The third-order valence-corrected chi connectivity index (χ3v) is 3.86. The van der Waals surface area contributed by atoms with Crippen molar-refractivity contribution in [3.8, 4) is 0 Å². The molecule has 0 aliphatic rings. The van der Waals surface area contributed by atoms with Crippen LogP contribution in [0, 0.1) is 5.92 Å². The summed E-state index contributed by atoms with van der Waals surface area (Å²) in [5.41, 5.74) is 10.6. The van der Waals surface area contributed by atoms with Gasteiger partial charge >= 0.3 is 5.97 Å². The SMILES string of the molecule is CC(C)CC(NC(=O)CN)C(=O)NC(C)C(=O)NC(CCCCN)C(=O)O. The van der Waals surface area contributed by atoms with E-state index in [1.165, 1.54) is 6.92 Å². The van der Waals surface area contributed by atoms with Gasteiger partial charge in [-0.1, -0.05) is 13.8 Å². The fourth-order valence-corrected chi connectivity index (χ4v) is 2.38. The molecule has 0 radical (unpaired) electrons. The Morgan fingerprint density at radius 1 is 0.889 bits per heavy atom. The van der Waals surface area contributed by atoms with Gasteiger partial charge in [0, 0.05) is 0 Å². The molecule has 0 aromatic rings. The Morgan fingerprint density at radius 2 is 1.52 bits per heavy atom. The van der Waals surface area contributed by atoms with Crippen molar-refractivity contribution in [2.75, 3.05) is 13.1 Å². The Hall–Kier alpha value is -2.20. The lowest BCUT2D eigenvalue weighted by Crippen LogP contribution is -2.55. The molecular formula is C17H33N5O5. The number of aliphatic carboxylic acids is 1. The van der Waals surface area contributed by atoms with Crippen LogP contribution in [0.1, 0.15) is 46.5 Å². The lowest BCUT2D eigenvalue weighted by molar-refractivity contribution is -0.142. The van der Waals surface area contributed by atoms with E-state index in [1.807, 2.05) is 13.8 Å². The second-order valence-electron chi connectivity index (χ2n) is 6.87. The normalized spacial score (nSPS) is 14.1. The molecule has 0 aromatic carbocycles. The van der Waals surface area contributed by atoms with Gasteiger partial charge in [0.1, 0.15) is 18.1 Å². The minimum atomic E-state index is -1.15. The summed E-state index contributed by atoms with van der Waals surface area (Å²) in [6.07, 6.45) is 1.85. The van der Waals surface area contributed by atoms with E-state index in [1.54, 1.807) is 0 Å². The lowest BCUT2D eigenvalue weighted by atomic mass is 10.0. The highest BCUT2D eigenvalue weighted by Crippen LogP contribution is 2.06. The molecule has 0 aliphatic heterocycles. The van der Waals surface area contributed by atoms with Gasteiger partial charge in [-0.3, -0.25) is 14.4 Å². The molecule has 0 bridgehead atoms. The molecule has 0 aromatic heterocycles. The van der Waals surface area contributed by atoms with E-state index >= 15 is 0 Å². The van der Waals surface area contributed by atoms with Crippen LogP contribution in [0.2, 0.25) is 0 Å². The molecule has 10 heteroatoms. The average Bonchev–Trinajstić information content (AvgIpc) is 2.59. The van der Waals surface area contributed by atoms with Crippen LogP contribution in [-0.2, 0) is 19.2 Å². The summed E-state index contributed by atoms with van der Waals surface area (Å²) in [6, 6.07) is -2.83. The zero-order valence-electron chi connectivity index (χ0n) is 16.3. The first-order chi connectivity index (χ1) is 12.6. The van der Waals surface area contributed by atoms with Crippen molar-refractivity contribution in [3.63, 3.8) is 0 Å². The van der Waals surface area contributed by atoms with Crippen molar-refractivity contribution in [1.29, 1.82) is 0 Å². The number of nitrogens with two attached hydrogens (primary N) is 2. The Labute approximate surface area is 159 Å². The standard InChI is InChI=1S/C17H33N5O5/c1-10(2)8-13(21-14(23)9-19)16(25)20-11(3)15(24)22-12(17(26)27)6-4-5-7-18/h10-13H,4-9,18-19H2,1-3H3,(H,20,25)(H,21,23)(H,22,24)(H,26,27). The number of nitrogens with one attached hydrogen (secondary N) is 3. The van der Waals surface area contributed by atoms with Gasteiger partial charge in [0.05, 0.1) is 6.54 Å². The van der Waals surface area contributed by atoms with Crippen LogP contribution in [0.3, 0.4) is 0 Å². The monoisotopic (exact) mass is 387 g/mol. The van der Waals surface area contributed by atoms with Crippen molar-refractivity contribution in [1.82, 2.24) is 16.0 Å². The number of amides is 3. The average molecular weight is 387 g/mol. The van der Waals surface area contributed by atoms with Crippen molar-refractivity contribution in [3.05, 3.63) is 0 Å². The largest absolute Gasteiger partial charge is 0.480 e. The number of hydrogen-bond donors (Lipinski definition) is 6. The second kappa shape index (κ2) is 13.0. The number of carbonyl (C=O) groups excluding carboxylic acids is 3. The van der Waals surface area contributed by atoms with E-state index in [9.17, 15) is 24.3 Å². The van der Waals surface area contributed by atoms with E-state index in [0.717, 1.165) is 0 Å². The van der Waals surface area contributed by atoms with E-state index < -0.39 is 41.8 Å². The molecule has 3 unspecified atom stereocenters. The number of carboxylic acid groups (broad SMARTS) is 1. The maximum atomic E-state index is 12.4. The molecule has 3 atom stereocenters. The molecule has 0 rings (SSSR count). The summed E-state index contributed by atoms with van der Waals surface area (Å²) in [5.74, 6) is -2.63. The first-order valence-electron chi connectivity index (χ1n) is 9.15. The molecule has 0 saturated carbocycles. The number of unbranched alkanes of at least 4 members (excludes halogenated alkanes) is 1. The molecule has 0 fully saturated rings. The highest BCUT2D eigenvalue weighted by atomic mass is 16.4. The van der Waals surface area contributed by atoms with Crippen molar-refractivity contribution >= 4 is 23.7 Å². The molecule has 27 heavy (non-hydrogen) atoms.